The number of carbonyl (C=O) groups is 1. The first-order valence-corrected chi connectivity index (χ1v) is 17.1. The summed E-state index contributed by atoms with van der Waals surface area (Å²) in [6, 6.07) is 19.1. The van der Waals surface area contributed by atoms with Gasteiger partial charge in [0.25, 0.3) is 0 Å². The molecule has 0 fully saturated rings. The molecule has 0 aliphatic rings. The third-order valence-electron chi connectivity index (χ3n) is 7.63. The van der Waals surface area contributed by atoms with Gasteiger partial charge in [0.2, 0.25) is 5.91 Å². The number of rotatable bonds is 18. The van der Waals surface area contributed by atoms with Crippen molar-refractivity contribution in [2.24, 2.45) is 7.05 Å². The highest BCUT2D eigenvalue weighted by atomic mass is 32.2. The molecule has 4 aromatic rings. The minimum atomic E-state index is -3.02. The fourth-order valence-electron chi connectivity index (χ4n) is 4.99. The second-order valence-electron chi connectivity index (χ2n) is 11.0. The van der Waals surface area contributed by atoms with Crippen molar-refractivity contribution in [3.63, 3.8) is 0 Å². The van der Waals surface area contributed by atoms with Crippen LogP contribution in [0.4, 0.5) is 14.5 Å². The standard InChI is InChI=1S/C36H43F2N3O5S/c1-5-7-21-44-22-23-45-31-14-8-27(9-15-31)28-10-18-34(46-36(37)38)29(24-28)11-19-35(42)39-30-12-16-32(17-13-30)47(43)25-33-26(3)40(4)41(33)20-6-2/h8-19,24,36H,5-7,20-23,25H2,1-4H3,(H,39,42)/b19-11+/t47-/m0/s1. The number of halogens is 2. The van der Waals surface area contributed by atoms with Crippen LogP contribution in [0.2, 0.25) is 0 Å². The summed E-state index contributed by atoms with van der Waals surface area (Å²) in [6.45, 7) is 5.76. The van der Waals surface area contributed by atoms with E-state index in [1.54, 1.807) is 36.4 Å². The Morgan fingerprint density at radius 2 is 1.68 bits per heavy atom. The van der Waals surface area contributed by atoms with Gasteiger partial charge in [-0.2, -0.15) is 8.78 Å². The van der Waals surface area contributed by atoms with Gasteiger partial charge in [-0.15, -0.1) is 0 Å². The molecule has 0 saturated carbocycles. The van der Waals surface area contributed by atoms with Crippen LogP contribution >= 0.6 is 0 Å². The SMILES string of the molecule is CCCCOCCOc1ccc(-c2ccc(OC(F)F)c(/C=C/C(=O)Nc3ccc([S@@](=O)Cc4c(C)n(C)n4CCC)cc3)c2)cc1. The lowest BCUT2D eigenvalue weighted by atomic mass is 10.0. The molecule has 11 heteroatoms. The minimum Gasteiger partial charge on any atom is -0.491 e. The summed E-state index contributed by atoms with van der Waals surface area (Å²) in [7, 11) is 0.753. The maximum absolute atomic E-state index is 13.1. The van der Waals surface area contributed by atoms with Crippen molar-refractivity contribution in [3.8, 4) is 22.6 Å². The Kier molecular flexibility index (Phi) is 13.4. The molecular formula is C36H43F2N3O5S. The van der Waals surface area contributed by atoms with Crippen LogP contribution in [0.1, 0.15) is 50.1 Å². The quantitative estimate of drug-likeness (QED) is 0.0860. The highest BCUT2D eigenvalue weighted by Crippen LogP contribution is 2.30. The average molecular weight is 668 g/mol. The van der Waals surface area contributed by atoms with E-state index in [0.717, 1.165) is 48.3 Å². The van der Waals surface area contributed by atoms with Gasteiger partial charge in [-0.05, 0) is 85.5 Å². The van der Waals surface area contributed by atoms with E-state index in [1.165, 1.54) is 18.2 Å². The Bertz CT molecular complexity index is 1650. The van der Waals surface area contributed by atoms with Crippen molar-refractivity contribution >= 4 is 28.5 Å². The summed E-state index contributed by atoms with van der Waals surface area (Å²) >= 11 is 0. The summed E-state index contributed by atoms with van der Waals surface area (Å²) in [5.41, 5.74) is 4.60. The maximum Gasteiger partial charge on any atom is 0.387 e. The van der Waals surface area contributed by atoms with Gasteiger partial charge in [0.05, 0.1) is 34.5 Å². The van der Waals surface area contributed by atoms with E-state index < -0.39 is 23.3 Å². The Morgan fingerprint density at radius 3 is 2.36 bits per heavy atom. The lowest BCUT2D eigenvalue weighted by Gasteiger charge is -2.28. The van der Waals surface area contributed by atoms with Crippen molar-refractivity contribution in [2.75, 3.05) is 25.1 Å². The van der Waals surface area contributed by atoms with E-state index in [0.29, 0.717) is 47.5 Å². The van der Waals surface area contributed by atoms with Crippen LogP contribution in [-0.4, -0.2) is 45.9 Å². The molecule has 1 amide bonds. The molecular weight excluding hydrogens is 624 g/mol. The first kappa shape index (κ1) is 35.6. The molecule has 0 bridgehead atoms. The van der Waals surface area contributed by atoms with Crippen LogP contribution in [0.25, 0.3) is 17.2 Å². The Hall–Kier alpha value is -4.22. The van der Waals surface area contributed by atoms with Gasteiger partial charge in [-0.3, -0.25) is 18.4 Å². The number of unbranched alkanes of at least 4 members (excludes halogenated alkanes) is 1. The van der Waals surface area contributed by atoms with E-state index in [4.69, 9.17) is 14.2 Å². The third kappa shape index (κ3) is 10.1. The molecule has 4 rings (SSSR count). The van der Waals surface area contributed by atoms with Crippen LogP contribution in [0.5, 0.6) is 11.5 Å². The molecule has 47 heavy (non-hydrogen) atoms. The molecule has 8 nitrogen and oxygen atoms in total. The predicted octanol–water partition coefficient (Wildman–Crippen LogP) is 7.97. The molecule has 1 atom stereocenters. The van der Waals surface area contributed by atoms with Crippen molar-refractivity contribution in [3.05, 3.63) is 89.8 Å². The second kappa shape index (κ2) is 17.6. The van der Waals surface area contributed by atoms with Crippen molar-refractivity contribution in [1.29, 1.82) is 0 Å². The fraction of sp³-hybridized carbons (Fsp3) is 0.361. The number of carbonyl (C=O) groups excluding carboxylic acids is 1. The Labute approximate surface area is 277 Å². The Balaban J connectivity index is 1.38. The van der Waals surface area contributed by atoms with Gasteiger partial charge in [0, 0.05) is 42.4 Å². The number of amides is 1. The normalized spacial score (nSPS) is 12.1. The summed E-state index contributed by atoms with van der Waals surface area (Å²) < 4.78 is 59.5. The zero-order valence-corrected chi connectivity index (χ0v) is 28.2. The number of hydrogen-bond donors (Lipinski definition) is 1. The van der Waals surface area contributed by atoms with Crippen LogP contribution in [0.15, 0.2) is 77.7 Å². The van der Waals surface area contributed by atoms with E-state index in [2.05, 4.69) is 28.5 Å². The molecule has 3 aromatic carbocycles. The molecule has 0 aliphatic carbocycles. The number of benzene rings is 3. The lowest BCUT2D eigenvalue weighted by molar-refractivity contribution is -0.111. The van der Waals surface area contributed by atoms with Gasteiger partial charge >= 0.3 is 6.61 Å². The van der Waals surface area contributed by atoms with Crippen LogP contribution < -0.4 is 14.8 Å². The van der Waals surface area contributed by atoms with Gasteiger partial charge in [-0.1, -0.05) is 38.5 Å². The molecule has 0 aliphatic heterocycles. The van der Waals surface area contributed by atoms with Crippen LogP contribution in [0.3, 0.4) is 0 Å². The molecule has 1 N–H and O–H groups in total. The zero-order chi connectivity index (χ0) is 33.8. The van der Waals surface area contributed by atoms with Crippen molar-refractivity contribution < 1.29 is 32.0 Å². The third-order valence-corrected chi connectivity index (χ3v) is 8.96. The smallest absolute Gasteiger partial charge is 0.387 e. The highest BCUT2D eigenvalue weighted by molar-refractivity contribution is 7.84. The number of anilines is 1. The molecule has 0 radical (unpaired) electrons. The number of ether oxygens (including phenoxy) is 3. The number of nitrogens with one attached hydrogen (secondary N) is 1. The van der Waals surface area contributed by atoms with E-state index >= 15 is 0 Å². The minimum absolute atomic E-state index is 0.0526. The van der Waals surface area contributed by atoms with Crippen molar-refractivity contribution in [2.45, 2.75) is 63.8 Å². The van der Waals surface area contributed by atoms with Gasteiger partial charge in [0.1, 0.15) is 18.1 Å². The van der Waals surface area contributed by atoms with E-state index in [1.807, 2.05) is 38.2 Å². The van der Waals surface area contributed by atoms with Crippen LogP contribution in [-0.2, 0) is 39.7 Å². The summed E-state index contributed by atoms with van der Waals surface area (Å²) in [6.07, 6.45) is 5.78. The molecule has 0 unspecified atom stereocenters. The van der Waals surface area contributed by atoms with Crippen LogP contribution in [0, 0.1) is 6.92 Å². The number of aromatic nitrogens is 2. The first-order valence-electron chi connectivity index (χ1n) is 15.8. The van der Waals surface area contributed by atoms with E-state index in [-0.39, 0.29) is 5.75 Å². The summed E-state index contributed by atoms with van der Waals surface area (Å²) in [4.78, 5) is 13.4. The topological polar surface area (TPSA) is 83.7 Å². The number of hydrogen-bond acceptors (Lipinski definition) is 5. The molecule has 0 spiro atoms. The zero-order valence-electron chi connectivity index (χ0n) is 27.3. The number of alkyl halides is 2. The lowest BCUT2D eigenvalue weighted by Crippen LogP contribution is -2.29. The number of nitrogens with zero attached hydrogens (tertiary/aromatic N) is 2. The van der Waals surface area contributed by atoms with Gasteiger partial charge in [-0.25, -0.2) is 0 Å². The summed E-state index contributed by atoms with van der Waals surface area (Å²) in [5, 5.41) is 2.76. The predicted molar refractivity (Wildman–Crippen MR) is 182 cm³/mol. The van der Waals surface area contributed by atoms with Gasteiger partial charge < -0.3 is 19.5 Å². The molecule has 1 aromatic heterocycles. The van der Waals surface area contributed by atoms with E-state index in [9.17, 15) is 17.8 Å². The monoisotopic (exact) mass is 667 g/mol. The van der Waals surface area contributed by atoms with Gasteiger partial charge in [0.15, 0.2) is 0 Å². The molecule has 1 heterocycles. The fourth-order valence-corrected chi connectivity index (χ4v) is 6.20. The first-order chi connectivity index (χ1) is 22.7. The van der Waals surface area contributed by atoms with Crippen molar-refractivity contribution in [1.82, 2.24) is 9.36 Å². The molecule has 252 valence electrons. The molecule has 0 saturated heterocycles. The summed E-state index contributed by atoms with van der Waals surface area (Å²) in [5.74, 6) is 0.599. The average Bonchev–Trinajstić information content (AvgIpc) is 3.07. The largest absolute Gasteiger partial charge is 0.491 e. The highest BCUT2D eigenvalue weighted by Gasteiger charge is 2.18. The second-order valence-corrected chi connectivity index (χ2v) is 12.4. The Morgan fingerprint density at radius 1 is 0.957 bits per heavy atom. The maximum atomic E-state index is 13.1.